The maximum Gasteiger partial charge on any atom is 0.256 e. The quantitative estimate of drug-likeness (QED) is 0.695. The Hall–Kier alpha value is -2.70. The monoisotopic (exact) mass is 396 g/mol. The number of hydrogen-bond acceptors (Lipinski definition) is 3. The summed E-state index contributed by atoms with van der Waals surface area (Å²) in [4.78, 5) is 18.0. The lowest BCUT2D eigenvalue weighted by Crippen LogP contribution is -3.13. The number of carbonyl (C=O) groups excluding carboxylic acids is 1. The molecule has 1 saturated heterocycles. The number of piperazine rings is 1. The summed E-state index contributed by atoms with van der Waals surface area (Å²) in [5, 5.41) is 5.35. The number of amides is 1. The summed E-state index contributed by atoms with van der Waals surface area (Å²) in [6.45, 7) is 4.45. The molecule has 0 bridgehead atoms. The number of halogens is 1. The molecule has 3 aromatic rings. The van der Waals surface area contributed by atoms with Crippen LogP contribution in [-0.2, 0) is 6.54 Å². The summed E-state index contributed by atoms with van der Waals surface area (Å²) in [5.74, 6) is -0.238. The van der Waals surface area contributed by atoms with Gasteiger partial charge in [0, 0.05) is 5.69 Å². The number of carbonyl (C=O) groups is 1. The molecule has 1 aliphatic rings. The van der Waals surface area contributed by atoms with E-state index in [1.165, 1.54) is 21.9 Å². The molecule has 1 fully saturated rings. The fraction of sp³-hybridized carbons (Fsp3) is 0.227. The second-order valence-corrected chi connectivity index (χ2v) is 8.01. The van der Waals surface area contributed by atoms with Gasteiger partial charge in [-0.2, -0.15) is 0 Å². The van der Waals surface area contributed by atoms with Crippen LogP contribution in [0.2, 0.25) is 0 Å². The number of nitrogens with one attached hydrogen (secondary N) is 2. The number of rotatable bonds is 5. The Bertz CT molecular complexity index is 919. The minimum Gasteiger partial charge on any atom is -0.355 e. The number of thiophene rings is 1. The van der Waals surface area contributed by atoms with Gasteiger partial charge in [-0.15, -0.1) is 11.3 Å². The summed E-state index contributed by atoms with van der Waals surface area (Å²) in [6.07, 6.45) is 0. The summed E-state index contributed by atoms with van der Waals surface area (Å²) in [5.41, 5.74) is 2.15. The van der Waals surface area contributed by atoms with Crippen molar-refractivity contribution in [3.8, 4) is 0 Å². The lowest BCUT2D eigenvalue weighted by atomic mass is 10.1. The summed E-state index contributed by atoms with van der Waals surface area (Å²) in [7, 11) is 0. The number of anilines is 2. The van der Waals surface area contributed by atoms with Crippen molar-refractivity contribution in [3.63, 3.8) is 0 Å². The van der Waals surface area contributed by atoms with Crippen molar-refractivity contribution < 1.29 is 14.1 Å². The van der Waals surface area contributed by atoms with Crippen molar-refractivity contribution >= 4 is 28.6 Å². The van der Waals surface area contributed by atoms with E-state index in [0.29, 0.717) is 5.56 Å². The number of benzene rings is 2. The number of nitrogens with zero attached hydrogens (tertiary/aromatic N) is 1. The van der Waals surface area contributed by atoms with Crippen molar-refractivity contribution in [1.29, 1.82) is 0 Å². The van der Waals surface area contributed by atoms with Gasteiger partial charge in [-0.3, -0.25) is 4.79 Å². The van der Waals surface area contributed by atoms with Gasteiger partial charge in [0.05, 0.1) is 42.3 Å². The van der Waals surface area contributed by atoms with Crippen molar-refractivity contribution in [2.24, 2.45) is 0 Å². The number of hydrogen-bond donors (Lipinski definition) is 2. The summed E-state index contributed by atoms with van der Waals surface area (Å²) >= 11 is 1.79. The molecular formula is C22H23FN3OS+. The van der Waals surface area contributed by atoms with E-state index in [9.17, 15) is 9.18 Å². The van der Waals surface area contributed by atoms with E-state index in [0.717, 1.165) is 44.1 Å². The highest BCUT2D eigenvalue weighted by atomic mass is 32.1. The fourth-order valence-electron chi connectivity index (χ4n) is 3.50. The highest BCUT2D eigenvalue weighted by Gasteiger charge is 2.26. The Morgan fingerprint density at radius 2 is 1.79 bits per heavy atom. The first kappa shape index (κ1) is 18.7. The van der Waals surface area contributed by atoms with Crippen molar-refractivity contribution in [2.75, 3.05) is 31.5 Å². The Morgan fingerprint density at radius 3 is 2.50 bits per heavy atom. The Morgan fingerprint density at radius 1 is 1.04 bits per heavy atom. The van der Waals surface area contributed by atoms with Crippen LogP contribution in [0.4, 0.5) is 15.8 Å². The predicted octanol–water partition coefficient (Wildman–Crippen LogP) is 3.17. The molecular weight excluding hydrogens is 373 g/mol. The van der Waals surface area contributed by atoms with Gasteiger partial charge in [-0.1, -0.05) is 18.2 Å². The maximum atomic E-state index is 13.1. The average molecular weight is 397 g/mol. The molecule has 144 valence electrons. The second-order valence-electron chi connectivity index (χ2n) is 6.98. The minimum atomic E-state index is -0.280. The lowest BCUT2D eigenvalue weighted by Gasteiger charge is -2.32. The second kappa shape index (κ2) is 8.54. The molecule has 1 aliphatic heterocycles. The van der Waals surface area contributed by atoms with E-state index in [-0.39, 0.29) is 11.7 Å². The molecule has 2 N–H and O–H groups in total. The Kier molecular flexibility index (Phi) is 5.69. The van der Waals surface area contributed by atoms with Crippen LogP contribution in [0, 0.1) is 5.82 Å². The third-order valence-corrected chi connectivity index (χ3v) is 5.92. The highest BCUT2D eigenvalue weighted by molar-refractivity contribution is 7.09. The molecule has 0 spiro atoms. The van der Waals surface area contributed by atoms with E-state index in [1.54, 1.807) is 23.5 Å². The van der Waals surface area contributed by atoms with E-state index in [4.69, 9.17) is 0 Å². The molecule has 6 heteroatoms. The van der Waals surface area contributed by atoms with Gasteiger partial charge in [-0.05, 0) is 47.8 Å². The van der Waals surface area contributed by atoms with E-state index >= 15 is 0 Å². The molecule has 2 aromatic carbocycles. The zero-order valence-corrected chi connectivity index (χ0v) is 16.3. The molecule has 0 aliphatic carbocycles. The lowest BCUT2D eigenvalue weighted by molar-refractivity contribution is -0.917. The van der Waals surface area contributed by atoms with Crippen LogP contribution < -0.4 is 10.2 Å². The Labute approximate surface area is 168 Å². The van der Waals surface area contributed by atoms with E-state index < -0.39 is 0 Å². The largest absolute Gasteiger partial charge is 0.355 e. The van der Waals surface area contributed by atoms with Crippen LogP contribution in [0.25, 0.3) is 0 Å². The smallest absolute Gasteiger partial charge is 0.256 e. The van der Waals surface area contributed by atoms with Gasteiger partial charge >= 0.3 is 0 Å². The molecule has 1 amide bonds. The van der Waals surface area contributed by atoms with Crippen LogP contribution in [0.3, 0.4) is 0 Å². The third-order valence-electron chi connectivity index (χ3n) is 5.04. The van der Waals surface area contributed by atoms with E-state index in [1.807, 2.05) is 29.2 Å². The van der Waals surface area contributed by atoms with Gasteiger partial charge in [-0.25, -0.2) is 4.39 Å². The van der Waals surface area contributed by atoms with Crippen LogP contribution in [-0.4, -0.2) is 37.0 Å². The highest BCUT2D eigenvalue weighted by Crippen LogP contribution is 2.22. The summed E-state index contributed by atoms with van der Waals surface area (Å²) in [6, 6.07) is 17.9. The molecule has 1 aromatic heterocycles. The molecule has 4 rings (SSSR count). The fourth-order valence-corrected chi connectivity index (χ4v) is 4.28. The summed E-state index contributed by atoms with van der Waals surface area (Å²) < 4.78 is 13.1. The molecule has 0 saturated carbocycles. The number of para-hydroxylation sites is 1. The third kappa shape index (κ3) is 4.40. The average Bonchev–Trinajstić information content (AvgIpc) is 3.23. The van der Waals surface area contributed by atoms with Gasteiger partial charge in [0.1, 0.15) is 12.4 Å². The molecule has 4 nitrogen and oxygen atoms in total. The first-order chi connectivity index (χ1) is 13.7. The SMILES string of the molecule is O=C(c1ccccc1Nc1ccc(F)cc1)N1CC[NH+](Cc2cccs2)CC1. The van der Waals surface area contributed by atoms with Crippen LogP contribution in [0.1, 0.15) is 15.2 Å². The van der Waals surface area contributed by atoms with Gasteiger partial charge in [0.15, 0.2) is 0 Å². The first-order valence-corrected chi connectivity index (χ1v) is 10.3. The van der Waals surface area contributed by atoms with Crippen molar-refractivity contribution in [1.82, 2.24) is 4.90 Å². The van der Waals surface area contributed by atoms with Crippen molar-refractivity contribution in [2.45, 2.75) is 6.54 Å². The minimum absolute atomic E-state index is 0.0420. The van der Waals surface area contributed by atoms with Crippen molar-refractivity contribution in [3.05, 3.63) is 82.3 Å². The van der Waals surface area contributed by atoms with Crippen LogP contribution >= 0.6 is 11.3 Å². The normalized spacial score (nSPS) is 14.8. The van der Waals surface area contributed by atoms with Gasteiger partial charge < -0.3 is 15.1 Å². The predicted molar refractivity (Wildman–Crippen MR) is 111 cm³/mol. The van der Waals surface area contributed by atoms with Crippen LogP contribution in [0.5, 0.6) is 0 Å². The molecule has 2 heterocycles. The zero-order valence-electron chi connectivity index (χ0n) is 15.5. The molecule has 0 unspecified atom stereocenters. The number of quaternary nitrogens is 1. The molecule has 0 atom stereocenters. The molecule has 28 heavy (non-hydrogen) atoms. The standard InChI is InChI=1S/C22H22FN3OS/c23-17-7-9-18(10-8-17)24-21-6-2-1-5-20(21)22(27)26-13-11-25(12-14-26)16-19-4-3-15-28-19/h1-10,15,24H,11-14,16H2/p+1. The first-order valence-electron chi connectivity index (χ1n) is 9.46. The van der Waals surface area contributed by atoms with E-state index in [2.05, 4.69) is 22.8 Å². The maximum absolute atomic E-state index is 13.1. The Balaban J connectivity index is 1.41. The molecule has 0 radical (unpaired) electrons. The van der Waals surface area contributed by atoms with Gasteiger partial charge in [0.2, 0.25) is 0 Å². The van der Waals surface area contributed by atoms with Gasteiger partial charge in [0.25, 0.3) is 5.91 Å². The topological polar surface area (TPSA) is 36.8 Å². The van der Waals surface area contributed by atoms with Crippen LogP contribution in [0.15, 0.2) is 66.0 Å². The zero-order chi connectivity index (χ0) is 19.3.